The van der Waals surface area contributed by atoms with Crippen molar-refractivity contribution in [2.75, 3.05) is 31.2 Å². The van der Waals surface area contributed by atoms with Gasteiger partial charge in [-0.2, -0.15) is 0 Å². The van der Waals surface area contributed by atoms with Crippen molar-refractivity contribution in [2.24, 2.45) is 0 Å². The number of aromatic nitrogens is 1. The van der Waals surface area contributed by atoms with Gasteiger partial charge in [-0.3, -0.25) is 4.98 Å². The highest BCUT2D eigenvalue weighted by molar-refractivity contribution is 6.60. The first kappa shape index (κ1) is 14.1. The van der Waals surface area contributed by atoms with Crippen molar-refractivity contribution in [1.82, 2.24) is 4.98 Å². The number of para-hydroxylation sites is 1. The average Bonchev–Trinajstić information content (AvgIpc) is 2.48. The Labute approximate surface area is 125 Å². The van der Waals surface area contributed by atoms with Gasteiger partial charge in [0.2, 0.25) is 0 Å². The molecule has 1 aromatic heterocycles. The molecule has 0 spiro atoms. The van der Waals surface area contributed by atoms with E-state index in [-0.39, 0.29) is 7.12 Å². The predicted octanol–water partition coefficient (Wildman–Crippen LogP) is 1.64. The van der Waals surface area contributed by atoms with Gasteiger partial charge in [0.25, 0.3) is 0 Å². The van der Waals surface area contributed by atoms with E-state index >= 15 is 0 Å². The second kappa shape index (κ2) is 6.74. The van der Waals surface area contributed by atoms with Crippen LogP contribution in [0.5, 0.6) is 0 Å². The molecule has 108 valence electrons. The molecule has 3 rings (SSSR count). The van der Waals surface area contributed by atoms with Crippen LogP contribution in [0.4, 0.5) is 5.69 Å². The molecule has 1 fully saturated rings. The van der Waals surface area contributed by atoms with Gasteiger partial charge in [0.1, 0.15) is 0 Å². The molecule has 1 aromatic carbocycles. The van der Waals surface area contributed by atoms with E-state index in [1.165, 1.54) is 11.3 Å². The molecule has 0 aliphatic carbocycles. The van der Waals surface area contributed by atoms with Crippen molar-refractivity contribution in [3.05, 3.63) is 54.2 Å². The fraction of sp³-hybridized carbons (Fsp3) is 0.312. The Kier molecular flexibility index (Phi) is 4.53. The molecule has 0 amide bonds. The van der Waals surface area contributed by atoms with E-state index in [0.717, 1.165) is 18.7 Å². The van der Waals surface area contributed by atoms with Crippen LogP contribution >= 0.6 is 0 Å². The maximum Gasteiger partial charge on any atom is 0.513 e. The molecular formula is C16H19BN2O2. The fourth-order valence-corrected chi connectivity index (χ4v) is 2.46. The smallest absolute Gasteiger partial charge is 0.404 e. The van der Waals surface area contributed by atoms with Crippen LogP contribution in [-0.4, -0.2) is 38.4 Å². The van der Waals surface area contributed by atoms with Crippen molar-refractivity contribution in [1.29, 1.82) is 0 Å². The predicted molar refractivity (Wildman–Crippen MR) is 84.9 cm³/mol. The SMILES string of the molecule is Cc1ccnc(B2OCCN(c3ccccc3)CCO2)c1. The van der Waals surface area contributed by atoms with E-state index in [1.54, 1.807) is 6.20 Å². The lowest BCUT2D eigenvalue weighted by molar-refractivity contribution is 0.197. The van der Waals surface area contributed by atoms with Crippen molar-refractivity contribution in [3.63, 3.8) is 0 Å². The first-order valence-electron chi connectivity index (χ1n) is 7.29. The quantitative estimate of drug-likeness (QED) is 0.784. The van der Waals surface area contributed by atoms with Crippen LogP contribution < -0.4 is 10.5 Å². The number of aryl methyl sites for hydroxylation is 1. The van der Waals surface area contributed by atoms with Gasteiger partial charge in [-0.25, -0.2) is 0 Å². The summed E-state index contributed by atoms with van der Waals surface area (Å²) >= 11 is 0. The zero-order valence-electron chi connectivity index (χ0n) is 12.2. The number of hydrogen-bond donors (Lipinski definition) is 0. The molecule has 1 aliphatic heterocycles. The van der Waals surface area contributed by atoms with Gasteiger partial charge < -0.3 is 14.2 Å². The third-order valence-corrected chi connectivity index (χ3v) is 3.56. The molecule has 0 unspecified atom stereocenters. The first-order chi connectivity index (χ1) is 10.3. The Morgan fingerprint density at radius 2 is 1.76 bits per heavy atom. The maximum absolute atomic E-state index is 5.85. The zero-order valence-corrected chi connectivity index (χ0v) is 12.2. The summed E-state index contributed by atoms with van der Waals surface area (Å²) in [4.78, 5) is 6.63. The van der Waals surface area contributed by atoms with Gasteiger partial charge >= 0.3 is 7.12 Å². The van der Waals surface area contributed by atoms with E-state index in [0.29, 0.717) is 13.2 Å². The lowest BCUT2D eigenvalue weighted by Crippen LogP contribution is -2.45. The van der Waals surface area contributed by atoms with Gasteiger partial charge in [0.15, 0.2) is 0 Å². The number of pyridine rings is 1. The minimum atomic E-state index is -0.358. The average molecular weight is 282 g/mol. The van der Waals surface area contributed by atoms with Crippen LogP contribution in [0.1, 0.15) is 5.56 Å². The zero-order chi connectivity index (χ0) is 14.5. The molecule has 0 bridgehead atoms. The summed E-state index contributed by atoms with van der Waals surface area (Å²) in [7, 11) is -0.358. The molecule has 1 saturated heterocycles. The number of anilines is 1. The molecule has 2 heterocycles. The molecular weight excluding hydrogens is 263 g/mol. The summed E-state index contributed by atoms with van der Waals surface area (Å²) < 4.78 is 11.7. The summed E-state index contributed by atoms with van der Waals surface area (Å²) in [5.41, 5.74) is 3.22. The monoisotopic (exact) mass is 282 g/mol. The van der Waals surface area contributed by atoms with Crippen molar-refractivity contribution in [2.45, 2.75) is 6.92 Å². The highest BCUT2D eigenvalue weighted by atomic mass is 16.6. The first-order valence-corrected chi connectivity index (χ1v) is 7.29. The van der Waals surface area contributed by atoms with Crippen LogP contribution in [0.15, 0.2) is 48.7 Å². The van der Waals surface area contributed by atoms with E-state index in [4.69, 9.17) is 9.31 Å². The third-order valence-electron chi connectivity index (χ3n) is 3.56. The highest BCUT2D eigenvalue weighted by Crippen LogP contribution is 2.13. The Bertz CT molecular complexity index is 569. The van der Waals surface area contributed by atoms with Gasteiger partial charge in [-0.15, -0.1) is 0 Å². The number of rotatable bonds is 2. The molecule has 0 radical (unpaired) electrons. The van der Waals surface area contributed by atoms with Crippen LogP contribution in [0.3, 0.4) is 0 Å². The minimum absolute atomic E-state index is 0.358. The summed E-state index contributed by atoms with van der Waals surface area (Å²) in [5, 5.41) is 0. The summed E-state index contributed by atoms with van der Waals surface area (Å²) in [6, 6.07) is 14.3. The number of nitrogens with zero attached hydrogens (tertiary/aromatic N) is 2. The van der Waals surface area contributed by atoms with Crippen LogP contribution in [0, 0.1) is 6.92 Å². The summed E-state index contributed by atoms with van der Waals surface area (Å²) in [5.74, 6) is 0. The number of benzene rings is 1. The molecule has 1 aliphatic rings. The van der Waals surface area contributed by atoms with E-state index in [2.05, 4.69) is 34.1 Å². The standard InChI is InChI=1S/C16H19BN2O2/c1-14-7-8-18-16(13-14)17-20-11-9-19(10-12-21-17)15-5-3-2-4-6-15/h2-8,13H,9-12H2,1H3. The van der Waals surface area contributed by atoms with Crippen LogP contribution in [0.25, 0.3) is 0 Å². The van der Waals surface area contributed by atoms with Gasteiger partial charge in [0, 0.05) is 38.2 Å². The Hall–Kier alpha value is -1.85. The largest absolute Gasteiger partial charge is 0.513 e. The fourth-order valence-electron chi connectivity index (χ4n) is 2.46. The van der Waals surface area contributed by atoms with Crippen molar-refractivity contribution < 1.29 is 9.31 Å². The van der Waals surface area contributed by atoms with Crippen LogP contribution in [0.2, 0.25) is 0 Å². The van der Waals surface area contributed by atoms with E-state index in [1.807, 2.05) is 25.1 Å². The molecule has 0 N–H and O–H groups in total. The topological polar surface area (TPSA) is 34.6 Å². The van der Waals surface area contributed by atoms with Gasteiger partial charge in [0.05, 0.1) is 5.59 Å². The third kappa shape index (κ3) is 3.62. The molecule has 0 atom stereocenters. The Morgan fingerprint density at radius 3 is 2.43 bits per heavy atom. The minimum Gasteiger partial charge on any atom is -0.404 e. The highest BCUT2D eigenvalue weighted by Gasteiger charge is 2.25. The van der Waals surface area contributed by atoms with Crippen LogP contribution in [-0.2, 0) is 9.31 Å². The van der Waals surface area contributed by atoms with Crippen molar-refractivity contribution >= 4 is 18.4 Å². The molecule has 2 aromatic rings. The Morgan fingerprint density at radius 1 is 1.05 bits per heavy atom. The molecule has 5 heteroatoms. The Balaban J connectivity index is 1.64. The normalized spacial score (nSPS) is 16.4. The number of hydrogen-bond acceptors (Lipinski definition) is 4. The molecule has 0 saturated carbocycles. The van der Waals surface area contributed by atoms with E-state index in [9.17, 15) is 0 Å². The molecule has 21 heavy (non-hydrogen) atoms. The summed E-state index contributed by atoms with van der Waals surface area (Å²) in [6.45, 7) is 5.00. The lowest BCUT2D eigenvalue weighted by atomic mass is 9.83. The summed E-state index contributed by atoms with van der Waals surface area (Å²) in [6.07, 6.45) is 1.80. The maximum atomic E-state index is 5.85. The second-order valence-electron chi connectivity index (χ2n) is 5.15. The van der Waals surface area contributed by atoms with Crippen molar-refractivity contribution in [3.8, 4) is 0 Å². The van der Waals surface area contributed by atoms with E-state index < -0.39 is 0 Å². The van der Waals surface area contributed by atoms with Gasteiger partial charge in [-0.05, 0) is 36.8 Å². The second-order valence-corrected chi connectivity index (χ2v) is 5.15. The molecule has 4 nitrogen and oxygen atoms in total. The van der Waals surface area contributed by atoms with Gasteiger partial charge in [-0.1, -0.05) is 18.2 Å². The lowest BCUT2D eigenvalue weighted by Gasteiger charge is -2.28.